The normalized spacial score (nSPS) is 21.5. The number of aryl methyl sites for hydroxylation is 1. The van der Waals surface area contributed by atoms with E-state index in [9.17, 15) is 14.3 Å². The highest BCUT2D eigenvalue weighted by Crippen LogP contribution is 2.12. The van der Waals surface area contributed by atoms with Crippen LogP contribution in [0.3, 0.4) is 0 Å². The van der Waals surface area contributed by atoms with Gasteiger partial charge in [0.2, 0.25) is 5.91 Å². The molecule has 1 heterocycles. The van der Waals surface area contributed by atoms with Gasteiger partial charge in [-0.3, -0.25) is 4.79 Å². The number of carbonyl (C=O) groups excluding carboxylic acids is 1. The number of halogens is 2. The first-order valence-corrected chi connectivity index (χ1v) is 6.97. The van der Waals surface area contributed by atoms with E-state index in [0.29, 0.717) is 24.2 Å². The minimum Gasteiger partial charge on any atom is -0.391 e. The van der Waals surface area contributed by atoms with Crippen LogP contribution in [0.15, 0.2) is 18.2 Å². The number of amides is 1. The monoisotopic (exact) mass is 316 g/mol. The molecule has 1 aliphatic heterocycles. The minimum absolute atomic E-state index is 0. The summed E-state index contributed by atoms with van der Waals surface area (Å²) in [5.41, 5.74) is 1.24. The molecular formula is C15H22ClFN2O2. The standard InChI is InChI=1S/C15H21FN2O2.ClH/c1-10-2-3-11(6-13(10)16)7-15(20)18-8-12-4-5-17-9-14(12)19;/h2-3,6,12,14,17,19H,4-5,7-9H2,1H3,(H,18,20);1H/t12-,14+;/m0./s1. The molecule has 3 N–H and O–H groups in total. The lowest BCUT2D eigenvalue weighted by atomic mass is 9.95. The molecular weight excluding hydrogens is 295 g/mol. The zero-order valence-corrected chi connectivity index (χ0v) is 12.9. The minimum atomic E-state index is -0.416. The van der Waals surface area contributed by atoms with Crippen LogP contribution in [0.4, 0.5) is 4.39 Å². The van der Waals surface area contributed by atoms with Crippen molar-refractivity contribution in [1.82, 2.24) is 10.6 Å². The zero-order valence-electron chi connectivity index (χ0n) is 12.1. The molecule has 2 rings (SSSR count). The van der Waals surface area contributed by atoms with E-state index < -0.39 is 6.10 Å². The average molecular weight is 317 g/mol. The fourth-order valence-electron chi connectivity index (χ4n) is 2.37. The summed E-state index contributed by atoms with van der Waals surface area (Å²) in [4.78, 5) is 11.8. The molecule has 1 aliphatic rings. The van der Waals surface area contributed by atoms with Crippen LogP contribution in [-0.4, -0.2) is 36.8 Å². The van der Waals surface area contributed by atoms with E-state index in [1.807, 2.05) is 0 Å². The van der Waals surface area contributed by atoms with Crippen molar-refractivity contribution in [3.8, 4) is 0 Å². The second-order valence-electron chi connectivity index (χ2n) is 5.38. The third-order valence-corrected chi connectivity index (χ3v) is 3.75. The van der Waals surface area contributed by atoms with Crippen LogP contribution in [0, 0.1) is 18.7 Å². The Hall–Kier alpha value is -1.17. The van der Waals surface area contributed by atoms with Gasteiger partial charge in [-0.05, 0) is 37.1 Å². The van der Waals surface area contributed by atoms with Crippen molar-refractivity contribution in [3.05, 3.63) is 35.1 Å². The highest BCUT2D eigenvalue weighted by molar-refractivity contribution is 5.85. The van der Waals surface area contributed by atoms with Gasteiger partial charge in [-0.25, -0.2) is 4.39 Å². The smallest absolute Gasteiger partial charge is 0.224 e. The lowest BCUT2D eigenvalue weighted by molar-refractivity contribution is -0.120. The number of nitrogens with one attached hydrogen (secondary N) is 2. The molecule has 21 heavy (non-hydrogen) atoms. The highest BCUT2D eigenvalue weighted by atomic mass is 35.5. The van der Waals surface area contributed by atoms with Gasteiger partial charge in [0, 0.05) is 19.0 Å². The van der Waals surface area contributed by atoms with E-state index in [1.54, 1.807) is 19.1 Å². The number of hydrogen-bond acceptors (Lipinski definition) is 3. The van der Waals surface area contributed by atoms with E-state index in [0.717, 1.165) is 13.0 Å². The SMILES string of the molecule is Cc1ccc(CC(=O)NC[C@@H]2CCNC[C@H]2O)cc1F.Cl. The topological polar surface area (TPSA) is 61.4 Å². The summed E-state index contributed by atoms with van der Waals surface area (Å²) < 4.78 is 13.4. The Balaban J connectivity index is 0.00000220. The van der Waals surface area contributed by atoms with Gasteiger partial charge in [0.1, 0.15) is 5.82 Å². The molecule has 1 aromatic rings. The maximum absolute atomic E-state index is 13.4. The molecule has 0 aliphatic carbocycles. The fraction of sp³-hybridized carbons (Fsp3) is 0.533. The molecule has 1 aromatic carbocycles. The first-order valence-electron chi connectivity index (χ1n) is 6.97. The van der Waals surface area contributed by atoms with Crippen LogP contribution >= 0.6 is 12.4 Å². The first kappa shape index (κ1) is 17.9. The van der Waals surface area contributed by atoms with Gasteiger partial charge in [-0.1, -0.05) is 12.1 Å². The van der Waals surface area contributed by atoms with Gasteiger partial charge in [0.15, 0.2) is 0 Å². The second-order valence-corrected chi connectivity index (χ2v) is 5.38. The highest BCUT2D eigenvalue weighted by Gasteiger charge is 2.22. The van der Waals surface area contributed by atoms with Crippen molar-refractivity contribution in [1.29, 1.82) is 0 Å². The Kier molecular flexibility index (Phi) is 7.08. The molecule has 6 heteroatoms. The zero-order chi connectivity index (χ0) is 14.5. The second kappa shape index (κ2) is 8.32. The Labute approximate surface area is 130 Å². The molecule has 0 unspecified atom stereocenters. The summed E-state index contributed by atoms with van der Waals surface area (Å²) in [6.07, 6.45) is 0.597. The lowest BCUT2D eigenvalue weighted by Gasteiger charge is -2.28. The number of β-amino-alcohol motifs (C(OH)–C–C–N with tert-alkyl or cyclic N) is 1. The van der Waals surface area contributed by atoms with Crippen LogP contribution in [0.1, 0.15) is 17.5 Å². The predicted molar refractivity (Wildman–Crippen MR) is 82.1 cm³/mol. The van der Waals surface area contributed by atoms with Gasteiger partial charge in [0.25, 0.3) is 0 Å². The van der Waals surface area contributed by atoms with Gasteiger partial charge in [-0.15, -0.1) is 12.4 Å². The molecule has 1 saturated heterocycles. The van der Waals surface area contributed by atoms with Crippen LogP contribution in [-0.2, 0) is 11.2 Å². The van der Waals surface area contributed by atoms with Crippen molar-refractivity contribution in [2.24, 2.45) is 5.92 Å². The third-order valence-electron chi connectivity index (χ3n) is 3.75. The van der Waals surface area contributed by atoms with Crippen LogP contribution in [0.2, 0.25) is 0 Å². The summed E-state index contributed by atoms with van der Waals surface area (Å²) in [6, 6.07) is 4.83. The van der Waals surface area contributed by atoms with Crippen molar-refractivity contribution >= 4 is 18.3 Å². The van der Waals surface area contributed by atoms with Crippen LogP contribution < -0.4 is 10.6 Å². The molecule has 2 atom stereocenters. The number of rotatable bonds is 4. The third kappa shape index (κ3) is 5.26. The Bertz CT molecular complexity index is 485. The molecule has 118 valence electrons. The van der Waals surface area contributed by atoms with Crippen LogP contribution in [0.25, 0.3) is 0 Å². The molecule has 0 bridgehead atoms. The largest absolute Gasteiger partial charge is 0.391 e. The number of aliphatic hydroxyl groups is 1. The number of benzene rings is 1. The molecule has 0 saturated carbocycles. The number of carbonyl (C=O) groups is 1. The van der Waals surface area contributed by atoms with E-state index in [2.05, 4.69) is 10.6 Å². The Morgan fingerprint density at radius 2 is 2.29 bits per heavy atom. The van der Waals surface area contributed by atoms with Crippen molar-refractivity contribution < 1.29 is 14.3 Å². The van der Waals surface area contributed by atoms with Gasteiger partial charge < -0.3 is 15.7 Å². The van der Waals surface area contributed by atoms with E-state index >= 15 is 0 Å². The van der Waals surface area contributed by atoms with E-state index in [1.165, 1.54) is 6.07 Å². The number of hydrogen-bond donors (Lipinski definition) is 3. The summed E-state index contributed by atoms with van der Waals surface area (Å²) in [5, 5.41) is 15.7. The summed E-state index contributed by atoms with van der Waals surface area (Å²) >= 11 is 0. The molecule has 0 radical (unpaired) electrons. The molecule has 0 spiro atoms. The van der Waals surface area contributed by atoms with Crippen LogP contribution in [0.5, 0.6) is 0 Å². The number of piperidine rings is 1. The number of aliphatic hydroxyl groups excluding tert-OH is 1. The van der Waals surface area contributed by atoms with Gasteiger partial charge >= 0.3 is 0 Å². The average Bonchev–Trinajstić information content (AvgIpc) is 2.42. The van der Waals surface area contributed by atoms with E-state index in [-0.39, 0.29) is 36.5 Å². The van der Waals surface area contributed by atoms with Gasteiger partial charge in [-0.2, -0.15) is 0 Å². The molecule has 1 amide bonds. The maximum Gasteiger partial charge on any atom is 0.224 e. The lowest BCUT2D eigenvalue weighted by Crippen LogP contribution is -2.45. The van der Waals surface area contributed by atoms with Crippen molar-refractivity contribution in [3.63, 3.8) is 0 Å². The Morgan fingerprint density at radius 3 is 2.95 bits per heavy atom. The van der Waals surface area contributed by atoms with E-state index in [4.69, 9.17) is 0 Å². The maximum atomic E-state index is 13.4. The fourth-order valence-corrected chi connectivity index (χ4v) is 2.37. The molecule has 1 fully saturated rings. The van der Waals surface area contributed by atoms with Crippen molar-refractivity contribution in [2.75, 3.05) is 19.6 Å². The first-order chi connectivity index (χ1) is 9.56. The summed E-state index contributed by atoms with van der Waals surface area (Å²) in [5.74, 6) is -0.335. The van der Waals surface area contributed by atoms with Crippen molar-refractivity contribution in [2.45, 2.75) is 25.9 Å². The Morgan fingerprint density at radius 1 is 1.52 bits per heavy atom. The predicted octanol–water partition coefficient (Wildman–Crippen LogP) is 1.19. The molecule has 4 nitrogen and oxygen atoms in total. The molecule has 0 aromatic heterocycles. The quantitative estimate of drug-likeness (QED) is 0.782. The summed E-state index contributed by atoms with van der Waals surface area (Å²) in [7, 11) is 0. The summed E-state index contributed by atoms with van der Waals surface area (Å²) in [6.45, 7) is 3.60. The van der Waals surface area contributed by atoms with Gasteiger partial charge in [0.05, 0.1) is 12.5 Å².